The molecule has 1 aromatic heterocycles. The number of nitrogens with one attached hydrogen (secondary N) is 1. The second-order valence-electron chi connectivity index (χ2n) is 5.39. The SMILES string of the molecule is CC(N)CCC(=O)NCC(C)(C)c1ccccn1. The fourth-order valence-corrected chi connectivity index (χ4v) is 1.62. The van der Waals surface area contributed by atoms with E-state index in [9.17, 15) is 4.79 Å². The fraction of sp³-hybridized carbons (Fsp3) is 0.571. The van der Waals surface area contributed by atoms with Crippen LogP contribution in [-0.2, 0) is 10.2 Å². The molecule has 0 saturated carbocycles. The van der Waals surface area contributed by atoms with Gasteiger partial charge in [0, 0.05) is 36.3 Å². The van der Waals surface area contributed by atoms with Gasteiger partial charge in [-0.15, -0.1) is 0 Å². The van der Waals surface area contributed by atoms with Crippen molar-refractivity contribution in [3.63, 3.8) is 0 Å². The van der Waals surface area contributed by atoms with Crippen molar-refractivity contribution in [3.05, 3.63) is 30.1 Å². The highest BCUT2D eigenvalue weighted by Crippen LogP contribution is 2.19. The molecule has 0 aliphatic heterocycles. The van der Waals surface area contributed by atoms with Gasteiger partial charge in [-0.1, -0.05) is 19.9 Å². The normalized spacial score (nSPS) is 13.1. The molecule has 1 rings (SSSR count). The van der Waals surface area contributed by atoms with E-state index in [1.165, 1.54) is 0 Å². The van der Waals surface area contributed by atoms with Crippen LogP contribution in [0, 0.1) is 0 Å². The summed E-state index contributed by atoms with van der Waals surface area (Å²) in [7, 11) is 0. The third-order valence-electron chi connectivity index (χ3n) is 2.91. The lowest BCUT2D eigenvalue weighted by Crippen LogP contribution is -2.37. The molecular formula is C14H23N3O. The van der Waals surface area contributed by atoms with Crippen molar-refractivity contribution >= 4 is 5.91 Å². The summed E-state index contributed by atoms with van der Waals surface area (Å²) >= 11 is 0. The number of aromatic nitrogens is 1. The summed E-state index contributed by atoms with van der Waals surface area (Å²) in [6.07, 6.45) is 2.97. The van der Waals surface area contributed by atoms with Gasteiger partial charge in [-0.2, -0.15) is 0 Å². The van der Waals surface area contributed by atoms with E-state index in [1.54, 1.807) is 6.20 Å². The van der Waals surface area contributed by atoms with E-state index in [-0.39, 0.29) is 17.4 Å². The standard InChI is InChI=1S/C14H23N3O/c1-11(15)7-8-13(18)17-10-14(2,3)12-6-4-5-9-16-12/h4-6,9,11H,7-8,10,15H2,1-3H3,(H,17,18). The molecule has 0 bridgehead atoms. The zero-order valence-electron chi connectivity index (χ0n) is 11.4. The molecule has 0 spiro atoms. The Balaban J connectivity index is 2.45. The Labute approximate surface area is 109 Å². The van der Waals surface area contributed by atoms with Crippen molar-refractivity contribution in [2.45, 2.75) is 45.1 Å². The van der Waals surface area contributed by atoms with Crippen LogP contribution in [-0.4, -0.2) is 23.5 Å². The first kappa shape index (κ1) is 14.6. The van der Waals surface area contributed by atoms with Gasteiger partial charge in [-0.05, 0) is 25.5 Å². The topological polar surface area (TPSA) is 68.0 Å². The van der Waals surface area contributed by atoms with Crippen LogP contribution in [0.25, 0.3) is 0 Å². The van der Waals surface area contributed by atoms with Crippen molar-refractivity contribution in [1.29, 1.82) is 0 Å². The number of nitrogens with zero attached hydrogens (tertiary/aromatic N) is 1. The maximum Gasteiger partial charge on any atom is 0.220 e. The molecule has 18 heavy (non-hydrogen) atoms. The zero-order chi connectivity index (χ0) is 13.6. The first-order valence-electron chi connectivity index (χ1n) is 6.35. The molecule has 100 valence electrons. The van der Waals surface area contributed by atoms with E-state index in [4.69, 9.17) is 5.73 Å². The quantitative estimate of drug-likeness (QED) is 0.804. The van der Waals surface area contributed by atoms with E-state index in [2.05, 4.69) is 24.1 Å². The van der Waals surface area contributed by atoms with Gasteiger partial charge in [0.05, 0.1) is 0 Å². The Kier molecular flexibility index (Phi) is 5.28. The molecule has 1 aromatic rings. The van der Waals surface area contributed by atoms with Gasteiger partial charge in [0.2, 0.25) is 5.91 Å². The summed E-state index contributed by atoms with van der Waals surface area (Å²) in [6, 6.07) is 5.90. The average Bonchev–Trinajstić information content (AvgIpc) is 2.35. The molecular weight excluding hydrogens is 226 g/mol. The van der Waals surface area contributed by atoms with Crippen LogP contribution >= 0.6 is 0 Å². The largest absolute Gasteiger partial charge is 0.355 e. The Morgan fingerprint density at radius 1 is 1.50 bits per heavy atom. The number of rotatable bonds is 6. The molecule has 1 unspecified atom stereocenters. The number of pyridine rings is 1. The molecule has 1 atom stereocenters. The van der Waals surface area contributed by atoms with Gasteiger partial charge in [-0.3, -0.25) is 9.78 Å². The highest BCUT2D eigenvalue weighted by Gasteiger charge is 2.22. The number of nitrogens with two attached hydrogens (primary N) is 1. The van der Waals surface area contributed by atoms with Gasteiger partial charge >= 0.3 is 0 Å². The molecule has 0 radical (unpaired) electrons. The minimum absolute atomic E-state index is 0.0521. The molecule has 4 heteroatoms. The maximum atomic E-state index is 11.6. The lowest BCUT2D eigenvalue weighted by atomic mass is 9.88. The van der Waals surface area contributed by atoms with Gasteiger partial charge in [-0.25, -0.2) is 0 Å². The van der Waals surface area contributed by atoms with Crippen LogP contribution in [0.1, 0.15) is 39.3 Å². The first-order chi connectivity index (χ1) is 8.42. The van der Waals surface area contributed by atoms with E-state index in [1.807, 2.05) is 25.1 Å². The predicted molar refractivity (Wildman–Crippen MR) is 73.2 cm³/mol. The van der Waals surface area contributed by atoms with Crippen molar-refractivity contribution in [3.8, 4) is 0 Å². The monoisotopic (exact) mass is 249 g/mol. The number of hydrogen-bond donors (Lipinski definition) is 2. The molecule has 0 aliphatic carbocycles. The van der Waals surface area contributed by atoms with Crippen LogP contribution in [0.2, 0.25) is 0 Å². The molecule has 0 fully saturated rings. The molecule has 1 heterocycles. The molecule has 0 saturated heterocycles. The van der Waals surface area contributed by atoms with Crippen LogP contribution < -0.4 is 11.1 Å². The Morgan fingerprint density at radius 2 is 2.22 bits per heavy atom. The van der Waals surface area contributed by atoms with Crippen LogP contribution in [0.3, 0.4) is 0 Å². The third kappa shape index (κ3) is 4.84. The van der Waals surface area contributed by atoms with Gasteiger partial charge < -0.3 is 11.1 Å². The van der Waals surface area contributed by atoms with Gasteiger partial charge in [0.25, 0.3) is 0 Å². The summed E-state index contributed by atoms with van der Waals surface area (Å²) in [6.45, 7) is 6.63. The summed E-state index contributed by atoms with van der Waals surface area (Å²) in [5.74, 6) is 0.0521. The van der Waals surface area contributed by atoms with Crippen LogP contribution in [0.15, 0.2) is 24.4 Å². The molecule has 3 N–H and O–H groups in total. The maximum absolute atomic E-state index is 11.6. The predicted octanol–water partition coefficient (Wildman–Crippen LogP) is 1.60. The summed E-state index contributed by atoms with van der Waals surface area (Å²) in [4.78, 5) is 16.0. The van der Waals surface area contributed by atoms with Gasteiger partial charge in [0.1, 0.15) is 0 Å². The van der Waals surface area contributed by atoms with E-state index in [0.717, 1.165) is 12.1 Å². The summed E-state index contributed by atoms with van der Waals surface area (Å²) in [5.41, 5.74) is 6.45. The third-order valence-corrected chi connectivity index (χ3v) is 2.91. The fourth-order valence-electron chi connectivity index (χ4n) is 1.62. The first-order valence-corrected chi connectivity index (χ1v) is 6.35. The summed E-state index contributed by atoms with van der Waals surface area (Å²) in [5, 5.41) is 2.94. The van der Waals surface area contributed by atoms with Crippen molar-refractivity contribution < 1.29 is 4.79 Å². The summed E-state index contributed by atoms with van der Waals surface area (Å²) < 4.78 is 0. The minimum atomic E-state index is -0.161. The lowest BCUT2D eigenvalue weighted by Gasteiger charge is -2.24. The number of carbonyl (C=O) groups excluding carboxylic acids is 1. The molecule has 1 amide bonds. The second kappa shape index (κ2) is 6.50. The molecule has 4 nitrogen and oxygen atoms in total. The highest BCUT2D eigenvalue weighted by atomic mass is 16.1. The van der Waals surface area contributed by atoms with E-state index < -0.39 is 0 Å². The van der Waals surface area contributed by atoms with Gasteiger partial charge in [0.15, 0.2) is 0 Å². The second-order valence-corrected chi connectivity index (χ2v) is 5.39. The highest BCUT2D eigenvalue weighted by molar-refractivity contribution is 5.76. The van der Waals surface area contributed by atoms with Crippen LogP contribution in [0.4, 0.5) is 0 Å². The Morgan fingerprint density at radius 3 is 2.78 bits per heavy atom. The lowest BCUT2D eigenvalue weighted by molar-refractivity contribution is -0.121. The molecule has 0 aromatic carbocycles. The number of carbonyl (C=O) groups is 1. The number of hydrogen-bond acceptors (Lipinski definition) is 3. The smallest absolute Gasteiger partial charge is 0.220 e. The minimum Gasteiger partial charge on any atom is -0.355 e. The Bertz CT molecular complexity index is 374. The van der Waals surface area contributed by atoms with E-state index in [0.29, 0.717) is 13.0 Å². The van der Waals surface area contributed by atoms with Crippen molar-refractivity contribution in [2.75, 3.05) is 6.54 Å². The Hall–Kier alpha value is -1.42. The molecule has 0 aliphatic rings. The zero-order valence-corrected chi connectivity index (χ0v) is 11.4. The van der Waals surface area contributed by atoms with Crippen molar-refractivity contribution in [1.82, 2.24) is 10.3 Å². The average molecular weight is 249 g/mol. The van der Waals surface area contributed by atoms with E-state index >= 15 is 0 Å². The van der Waals surface area contributed by atoms with Crippen molar-refractivity contribution in [2.24, 2.45) is 5.73 Å². The number of amides is 1. The van der Waals surface area contributed by atoms with Crippen LogP contribution in [0.5, 0.6) is 0 Å².